The lowest BCUT2D eigenvalue weighted by atomic mass is 9.80. The largest absolute Gasteiger partial charge is 0.399 e. The molecule has 2 nitrogen and oxygen atoms in total. The Morgan fingerprint density at radius 1 is 1.14 bits per heavy atom. The van der Waals surface area contributed by atoms with Crippen LogP contribution < -0.4 is 11.5 Å². The fourth-order valence-electron chi connectivity index (χ4n) is 2.36. The summed E-state index contributed by atoms with van der Waals surface area (Å²) in [5, 5.41) is 0. The molecule has 76 valence electrons. The molecule has 0 bridgehead atoms. The fourth-order valence-corrected chi connectivity index (χ4v) is 2.36. The predicted octanol–water partition coefficient (Wildman–Crippen LogP) is 2.25. The lowest BCUT2D eigenvalue weighted by Gasteiger charge is -2.29. The van der Waals surface area contributed by atoms with E-state index in [-0.39, 0.29) is 0 Å². The molecule has 0 heterocycles. The minimum absolute atomic E-state index is 0.325. The summed E-state index contributed by atoms with van der Waals surface area (Å²) >= 11 is 0. The molecule has 0 spiro atoms. The molecule has 4 N–H and O–H groups in total. The van der Waals surface area contributed by atoms with E-state index in [1.165, 1.54) is 24.8 Å². The van der Waals surface area contributed by atoms with E-state index in [0.29, 0.717) is 12.0 Å². The summed E-state index contributed by atoms with van der Waals surface area (Å²) in [6.45, 7) is 0. The van der Waals surface area contributed by atoms with Crippen molar-refractivity contribution in [2.45, 2.75) is 37.6 Å². The number of benzene rings is 1. The van der Waals surface area contributed by atoms with Crippen molar-refractivity contribution in [3.63, 3.8) is 0 Å². The van der Waals surface area contributed by atoms with Gasteiger partial charge in [0.05, 0.1) is 0 Å². The van der Waals surface area contributed by atoms with Crippen LogP contribution in [0.25, 0.3) is 0 Å². The third-order valence-corrected chi connectivity index (χ3v) is 3.16. The van der Waals surface area contributed by atoms with E-state index in [2.05, 4.69) is 12.1 Å². The van der Waals surface area contributed by atoms with Crippen LogP contribution in [0, 0.1) is 0 Å². The highest BCUT2D eigenvalue weighted by molar-refractivity contribution is 5.42. The molecular weight excluding hydrogens is 172 g/mol. The maximum atomic E-state index is 6.12. The zero-order chi connectivity index (χ0) is 9.97. The molecule has 0 saturated heterocycles. The van der Waals surface area contributed by atoms with Gasteiger partial charge in [0.15, 0.2) is 0 Å². The summed E-state index contributed by atoms with van der Waals surface area (Å²) in [6.07, 6.45) is 4.94. The van der Waals surface area contributed by atoms with Crippen molar-refractivity contribution in [3.05, 3.63) is 29.8 Å². The van der Waals surface area contributed by atoms with Crippen LogP contribution >= 0.6 is 0 Å². The van der Waals surface area contributed by atoms with Crippen LogP contribution in [0.15, 0.2) is 24.3 Å². The molecule has 1 aromatic carbocycles. The van der Waals surface area contributed by atoms with E-state index >= 15 is 0 Å². The number of hydrogen-bond donors (Lipinski definition) is 2. The smallest absolute Gasteiger partial charge is 0.0316 e. The van der Waals surface area contributed by atoms with E-state index in [1.807, 2.05) is 12.1 Å². The maximum absolute atomic E-state index is 6.12. The Morgan fingerprint density at radius 3 is 2.64 bits per heavy atom. The van der Waals surface area contributed by atoms with Crippen molar-refractivity contribution < 1.29 is 0 Å². The topological polar surface area (TPSA) is 52.0 Å². The van der Waals surface area contributed by atoms with Crippen molar-refractivity contribution >= 4 is 5.69 Å². The SMILES string of the molecule is Nc1cccc([C@H]2CCCC[C@H]2N)c1. The predicted molar refractivity (Wildman–Crippen MR) is 60.0 cm³/mol. The highest BCUT2D eigenvalue weighted by Gasteiger charge is 2.22. The van der Waals surface area contributed by atoms with Gasteiger partial charge in [-0.2, -0.15) is 0 Å². The first kappa shape index (κ1) is 9.53. The molecule has 1 saturated carbocycles. The molecular formula is C12H18N2. The van der Waals surface area contributed by atoms with Crippen LogP contribution in [0.3, 0.4) is 0 Å². The number of anilines is 1. The van der Waals surface area contributed by atoms with E-state index in [0.717, 1.165) is 12.1 Å². The molecule has 1 aliphatic rings. The first-order valence-electron chi connectivity index (χ1n) is 5.38. The van der Waals surface area contributed by atoms with Gasteiger partial charge in [-0.15, -0.1) is 0 Å². The normalized spacial score (nSPS) is 27.5. The summed E-state index contributed by atoms with van der Waals surface area (Å²) in [5.41, 5.74) is 14.1. The van der Waals surface area contributed by atoms with Crippen molar-refractivity contribution in [3.8, 4) is 0 Å². The Labute approximate surface area is 85.3 Å². The summed E-state index contributed by atoms with van der Waals surface area (Å²) in [6, 6.07) is 8.48. The van der Waals surface area contributed by atoms with E-state index in [4.69, 9.17) is 11.5 Å². The van der Waals surface area contributed by atoms with Crippen molar-refractivity contribution in [2.24, 2.45) is 5.73 Å². The Hall–Kier alpha value is -1.02. The number of nitrogen functional groups attached to an aromatic ring is 1. The van der Waals surface area contributed by atoms with Gasteiger partial charge in [0.25, 0.3) is 0 Å². The van der Waals surface area contributed by atoms with Crippen molar-refractivity contribution in [1.82, 2.24) is 0 Å². The lowest BCUT2D eigenvalue weighted by molar-refractivity contribution is 0.385. The highest BCUT2D eigenvalue weighted by Crippen LogP contribution is 2.32. The second kappa shape index (κ2) is 4.01. The minimum atomic E-state index is 0.325. The quantitative estimate of drug-likeness (QED) is 0.667. The summed E-state index contributed by atoms with van der Waals surface area (Å²) < 4.78 is 0. The van der Waals surface area contributed by atoms with Crippen LogP contribution in [0.1, 0.15) is 37.2 Å². The molecule has 0 aromatic heterocycles. The number of rotatable bonds is 1. The summed E-state index contributed by atoms with van der Waals surface area (Å²) in [5.74, 6) is 0.521. The van der Waals surface area contributed by atoms with Crippen LogP contribution in [0.2, 0.25) is 0 Å². The van der Waals surface area contributed by atoms with Gasteiger partial charge in [-0.1, -0.05) is 25.0 Å². The Bertz CT molecular complexity index is 309. The highest BCUT2D eigenvalue weighted by atomic mass is 14.7. The first-order chi connectivity index (χ1) is 6.77. The van der Waals surface area contributed by atoms with E-state index in [1.54, 1.807) is 0 Å². The molecule has 14 heavy (non-hydrogen) atoms. The van der Waals surface area contributed by atoms with Crippen LogP contribution in [-0.2, 0) is 0 Å². The van der Waals surface area contributed by atoms with E-state index in [9.17, 15) is 0 Å². The van der Waals surface area contributed by atoms with Crippen molar-refractivity contribution in [2.75, 3.05) is 5.73 Å². The molecule has 1 aliphatic carbocycles. The first-order valence-corrected chi connectivity index (χ1v) is 5.38. The number of nitrogens with two attached hydrogens (primary N) is 2. The fraction of sp³-hybridized carbons (Fsp3) is 0.500. The molecule has 0 unspecified atom stereocenters. The molecule has 2 rings (SSSR count). The second-order valence-corrected chi connectivity index (χ2v) is 4.22. The van der Waals surface area contributed by atoms with Gasteiger partial charge in [0, 0.05) is 11.7 Å². The van der Waals surface area contributed by atoms with Gasteiger partial charge in [-0.05, 0) is 36.5 Å². The zero-order valence-corrected chi connectivity index (χ0v) is 8.45. The molecule has 1 aromatic rings. The van der Waals surface area contributed by atoms with Crippen LogP contribution in [0.5, 0.6) is 0 Å². The summed E-state index contributed by atoms with van der Waals surface area (Å²) in [4.78, 5) is 0. The standard InChI is InChI=1S/C12H18N2/c13-10-5-3-4-9(8-10)11-6-1-2-7-12(11)14/h3-5,8,11-12H,1-2,6-7,13-14H2/t11-,12-/m1/s1. The van der Waals surface area contributed by atoms with Gasteiger partial charge in [-0.3, -0.25) is 0 Å². The average molecular weight is 190 g/mol. The van der Waals surface area contributed by atoms with Crippen LogP contribution in [-0.4, -0.2) is 6.04 Å². The second-order valence-electron chi connectivity index (χ2n) is 4.22. The van der Waals surface area contributed by atoms with Gasteiger partial charge >= 0.3 is 0 Å². The molecule has 0 aliphatic heterocycles. The molecule has 2 atom stereocenters. The van der Waals surface area contributed by atoms with Gasteiger partial charge < -0.3 is 11.5 Å². The minimum Gasteiger partial charge on any atom is -0.399 e. The van der Waals surface area contributed by atoms with Gasteiger partial charge in [0.1, 0.15) is 0 Å². The molecule has 0 radical (unpaired) electrons. The Balaban J connectivity index is 2.20. The summed E-state index contributed by atoms with van der Waals surface area (Å²) in [7, 11) is 0. The molecule has 2 heteroatoms. The lowest BCUT2D eigenvalue weighted by Crippen LogP contribution is -2.31. The van der Waals surface area contributed by atoms with Gasteiger partial charge in [-0.25, -0.2) is 0 Å². The maximum Gasteiger partial charge on any atom is 0.0316 e. The van der Waals surface area contributed by atoms with Crippen LogP contribution in [0.4, 0.5) is 5.69 Å². The Morgan fingerprint density at radius 2 is 1.93 bits per heavy atom. The zero-order valence-electron chi connectivity index (χ0n) is 8.45. The molecule has 0 amide bonds. The third-order valence-electron chi connectivity index (χ3n) is 3.16. The molecule has 1 fully saturated rings. The van der Waals surface area contributed by atoms with E-state index < -0.39 is 0 Å². The average Bonchev–Trinajstić information content (AvgIpc) is 2.18. The monoisotopic (exact) mass is 190 g/mol. The number of hydrogen-bond acceptors (Lipinski definition) is 2. The Kier molecular flexibility index (Phi) is 2.73. The van der Waals surface area contributed by atoms with Crippen molar-refractivity contribution in [1.29, 1.82) is 0 Å². The third kappa shape index (κ3) is 1.90. The van der Waals surface area contributed by atoms with Gasteiger partial charge in [0.2, 0.25) is 0 Å².